The quantitative estimate of drug-likeness (QED) is 0.679. The predicted octanol–water partition coefficient (Wildman–Crippen LogP) is 2.60. The van der Waals surface area contributed by atoms with Gasteiger partial charge in [-0.25, -0.2) is 19.6 Å². The van der Waals surface area contributed by atoms with Crippen LogP contribution in [0.5, 0.6) is 0 Å². The normalized spacial score (nSPS) is 17.4. The summed E-state index contributed by atoms with van der Waals surface area (Å²) in [7, 11) is 0. The van der Waals surface area contributed by atoms with Crippen molar-refractivity contribution in [3.05, 3.63) is 35.5 Å². The van der Waals surface area contributed by atoms with Crippen LogP contribution in [0.1, 0.15) is 31.4 Å². The molecule has 32 heavy (non-hydrogen) atoms. The molecule has 0 aromatic carbocycles. The second-order valence-corrected chi connectivity index (χ2v) is 7.62. The molecule has 1 saturated heterocycles. The zero-order valence-electron chi connectivity index (χ0n) is 17.6. The Labute approximate surface area is 182 Å². The maximum absolute atomic E-state index is 13.0. The first-order valence-electron chi connectivity index (χ1n) is 10.3. The molecule has 0 amide bonds. The zero-order chi connectivity index (χ0) is 22.9. The molecule has 0 aliphatic carbocycles. The first kappa shape index (κ1) is 22.1. The van der Waals surface area contributed by atoms with E-state index in [2.05, 4.69) is 31.7 Å². The molecule has 0 radical (unpaired) electrons. The van der Waals surface area contributed by atoms with Gasteiger partial charge in [-0.3, -0.25) is 0 Å². The molecular weight excluding hydrogens is 427 g/mol. The van der Waals surface area contributed by atoms with Crippen molar-refractivity contribution < 1.29 is 23.0 Å². The van der Waals surface area contributed by atoms with Gasteiger partial charge in [-0.2, -0.15) is 18.3 Å². The molecule has 4 heterocycles. The Morgan fingerprint density at radius 3 is 2.66 bits per heavy atom. The number of allylic oxidation sites excluding steroid dienone is 2. The van der Waals surface area contributed by atoms with Crippen LogP contribution in [0.15, 0.2) is 28.8 Å². The molecule has 0 spiro atoms. The van der Waals surface area contributed by atoms with Crippen LogP contribution in [0, 0.1) is 0 Å². The third-order valence-electron chi connectivity index (χ3n) is 5.34. The van der Waals surface area contributed by atoms with E-state index in [0.29, 0.717) is 24.7 Å². The molecule has 4 rings (SSSR count). The zero-order valence-corrected chi connectivity index (χ0v) is 17.6. The largest absolute Gasteiger partial charge is 0.491 e. The molecule has 0 saturated carbocycles. The minimum atomic E-state index is -4.49. The van der Waals surface area contributed by atoms with Crippen molar-refractivity contribution in [1.29, 1.82) is 0 Å². The number of aliphatic hydroxyl groups is 1. The number of fused-ring (bicyclic) bond motifs is 1. The molecule has 2 aromatic rings. The van der Waals surface area contributed by atoms with Crippen LogP contribution in [0.2, 0.25) is 0 Å². The monoisotopic (exact) mass is 451 g/mol. The number of aliphatic imine (C=N–C) groups is 1. The van der Waals surface area contributed by atoms with Crippen LogP contribution in [-0.2, 0) is 24.4 Å². The fourth-order valence-electron chi connectivity index (χ4n) is 3.84. The lowest BCUT2D eigenvalue weighted by Gasteiger charge is -2.18. The summed E-state index contributed by atoms with van der Waals surface area (Å²) in [5.74, 6) is 1.71. The number of nitrogens with zero attached hydrogens (tertiary/aromatic N) is 7. The number of aliphatic hydroxyl groups excluding tert-OH is 1. The molecule has 1 N–H and O–H groups in total. The topological polar surface area (TPSA) is 93.6 Å². The van der Waals surface area contributed by atoms with Gasteiger partial charge in [-0.15, -0.1) is 0 Å². The summed E-state index contributed by atoms with van der Waals surface area (Å²) in [6, 6.07) is 0. The van der Waals surface area contributed by atoms with Gasteiger partial charge in [-0.1, -0.05) is 0 Å². The van der Waals surface area contributed by atoms with Crippen molar-refractivity contribution in [3.8, 4) is 11.5 Å². The minimum absolute atomic E-state index is 0.0525. The predicted molar refractivity (Wildman–Crippen MR) is 110 cm³/mol. The number of alkyl halides is 3. The van der Waals surface area contributed by atoms with Crippen molar-refractivity contribution >= 4 is 12.3 Å². The SMILES string of the molecule is C=N/C(=C\C1=C(C)c2nc(-c3nc(CO)nn3CC(F)(F)F)cn2CCO1)N1CCCC1. The second-order valence-electron chi connectivity index (χ2n) is 7.62. The van der Waals surface area contributed by atoms with Gasteiger partial charge in [-0.05, 0) is 26.5 Å². The molecule has 12 heteroatoms. The molecule has 172 valence electrons. The van der Waals surface area contributed by atoms with E-state index in [9.17, 15) is 18.3 Å². The van der Waals surface area contributed by atoms with Gasteiger partial charge in [0.1, 0.15) is 42.9 Å². The van der Waals surface area contributed by atoms with Crippen molar-refractivity contribution in [2.24, 2.45) is 4.99 Å². The number of ether oxygens (including phenoxy) is 1. The van der Waals surface area contributed by atoms with Gasteiger partial charge in [0.2, 0.25) is 0 Å². The van der Waals surface area contributed by atoms with E-state index in [1.165, 1.54) is 0 Å². The van der Waals surface area contributed by atoms with Crippen LogP contribution in [-0.4, -0.2) is 66.9 Å². The van der Waals surface area contributed by atoms with Gasteiger partial charge in [0.05, 0.1) is 6.54 Å². The fourth-order valence-corrected chi connectivity index (χ4v) is 3.84. The highest BCUT2D eigenvalue weighted by atomic mass is 19.4. The van der Waals surface area contributed by atoms with Crippen molar-refractivity contribution in [2.75, 3.05) is 19.7 Å². The van der Waals surface area contributed by atoms with E-state index >= 15 is 0 Å². The number of halogens is 3. The summed E-state index contributed by atoms with van der Waals surface area (Å²) in [6.45, 7) is 6.22. The number of imidazole rings is 1. The van der Waals surface area contributed by atoms with Crippen LogP contribution >= 0.6 is 0 Å². The Morgan fingerprint density at radius 2 is 2.00 bits per heavy atom. The van der Waals surface area contributed by atoms with E-state index in [4.69, 9.17) is 4.74 Å². The fraction of sp³-hybridized carbons (Fsp3) is 0.500. The molecule has 2 aromatic heterocycles. The van der Waals surface area contributed by atoms with E-state index in [1.54, 1.807) is 6.20 Å². The summed E-state index contributed by atoms with van der Waals surface area (Å²) in [5, 5.41) is 13.1. The summed E-state index contributed by atoms with van der Waals surface area (Å²) in [6.07, 6.45) is 1.15. The smallest absolute Gasteiger partial charge is 0.408 e. The van der Waals surface area contributed by atoms with Crippen LogP contribution in [0.25, 0.3) is 17.1 Å². The third-order valence-corrected chi connectivity index (χ3v) is 5.34. The second kappa shape index (κ2) is 8.77. The van der Waals surface area contributed by atoms with Crippen molar-refractivity contribution in [3.63, 3.8) is 0 Å². The Hall–Kier alpha value is -3.15. The highest BCUT2D eigenvalue weighted by Crippen LogP contribution is 2.29. The van der Waals surface area contributed by atoms with Crippen LogP contribution in [0.3, 0.4) is 0 Å². The standard InChI is InChI=1S/C20H24F3N7O2/c1-13-15(9-17(24-2)28-5-3-4-6-28)32-8-7-29-10-14(25-18(13)29)19-26-16(11-31)27-30(19)12-20(21,22)23/h9-10,31H,2-8,11-12H2,1H3/b17-9+. The first-order valence-corrected chi connectivity index (χ1v) is 10.3. The average molecular weight is 451 g/mol. The lowest BCUT2D eigenvalue weighted by atomic mass is 10.2. The van der Waals surface area contributed by atoms with Gasteiger partial charge < -0.3 is 19.3 Å². The van der Waals surface area contributed by atoms with Gasteiger partial charge in [0.15, 0.2) is 11.6 Å². The molecule has 0 atom stereocenters. The van der Waals surface area contributed by atoms with Gasteiger partial charge >= 0.3 is 6.18 Å². The molecule has 2 aliphatic rings. The maximum Gasteiger partial charge on any atom is 0.408 e. The summed E-state index contributed by atoms with van der Waals surface area (Å²) in [5.41, 5.74) is 0.959. The first-order chi connectivity index (χ1) is 15.3. The highest BCUT2D eigenvalue weighted by Gasteiger charge is 2.31. The Kier molecular flexibility index (Phi) is 6.04. The molecule has 1 fully saturated rings. The number of aromatic nitrogens is 5. The molecule has 0 bridgehead atoms. The molecular formula is C20H24F3N7O2. The molecule has 0 unspecified atom stereocenters. The summed E-state index contributed by atoms with van der Waals surface area (Å²) >= 11 is 0. The number of hydrogen-bond donors (Lipinski definition) is 1. The average Bonchev–Trinajstić information content (AvgIpc) is 3.47. The van der Waals surface area contributed by atoms with E-state index < -0.39 is 19.3 Å². The maximum atomic E-state index is 13.0. The number of likely N-dealkylation sites (tertiary alicyclic amines) is 1. The molecule has 2 aliphatic heterocycles. The summed E-state index contributed by atoms with van der Waals surface area (Å²) in [4.78, 5) is 14.9. The van der Waals surface area contributed by atoms with Crippen molar-refractivity contribution in [2.45, 2.75) is 45.6 Å². The Morgan fingerprint density at radius 1 is 1.25 bits per heavy atom. The van der Waals surface area contributed by atoms with E-state index in [0.717, 1.165) is 42.0 Å². The van der Waals surface area contributed by atoms with Gasteiger partial charge in [0.25, 0.3) is 0 Å². The number of rotatable bonds is 6. The van der Waals surface area contributed by atoms with Crippen LogP contribution < -0.4 is 0 Å². The third kappa shape index (κ3) is 4.54. The molecule has 9 nitrogen and oxygen atoms in total. The van der Waals surface area contributed by atoms with E-state index in [1.807, 2.05) is 17.6 Å². The minimum Gasteiger partial charge on any atom is -0.491 e. The lowest BCUT2D eigenvalue weighted by Crippen LogP contribution is -2.19. The lowest BCUT2D eigenvalue weighted by molar-refractivity contribution is -0.142. The van der Waals surface area contributed by atoms with E-state index in [-0.39, 0.29) is 17.3 Å². The number of hydrogen-bond acceptors (Lipinski definition) is 7. The highest BCUT2D eigenvalue weighted by molar-refractivity contribution is 5.66. The summed E-state index contributed by atoms with van der Waals surface area (Å²) < 4.78 is 47.5. The van der Waals surface area contributed by atoms with Crippen LogP contribution in [0.4, 0.5) is 13.2 Å². The Balaban J connectivity index is 1.73. The Bertz CT molecular complexity index is 1060. The van der Waals surface area contributed by atoms with Gasteiger partial charge in [0, 0.05) is 30.9 Å². The van der Waals surface area contributed by atoms with Crippen molar-refractivity contribution in [1.82, 2.24) is 29.2 Å².